The van der Waals surface area contributed by atoms with Gasteiger partial charge in [-0.15, -0.1) is 5.10 Å². The second-order valence-corrected chi connectivity index (χ2v) is 4.19. The summed E-state index contributed by atoms with van der Waals surface area (Å²) in [7, 11) is 0. The Kier molecular flexibility index (Phi) is 4.27. The van der Waals surface area contributed by atoms with Crippen molar-refractivity contribution in [2.45, 2.75) is 25.7 Å². The monoisotopic (exact) mass is 285 g/mol. The van der Waals surface area contributed by atoms with Gasteiger partial charge in [0.1, 0.15) is 6.23 Å². The van der Waals surface area contributed by atoms with Gasteiger partial charge in [0, 0.05) is 6.61 Å². The smallest absolute Gasteiger partial charge is 0.332 e. The molecule has 0 saturated carbocycles. The predicted octanol–water partition coefficient (Wildman–Crippen LogP) is -1.91. The molecule has 0 radical (unpaired) electrons. The lowest BCUT2D eigenvalue weighted by molar-refractivity contribution is -0.0732. The van der Waals surface area contributed by atoms with Gasteiger partial charge in [0.25, 0.3) is 5.56 Å². The van der Waals surface area contributed by atoms with Crippen LogP contribution in [0.3, 0.4) is 0 Å². The van der Waals surface area contributed by atoms with Crippen LogP contribution in [0.1, 0.15) is 19.6 Å². The van der Waals surface area contributed by atoms with Crippen LogP contribution in [0.4, 0.5) is 0 Å². The number of rotatable bonds is 6. The second-order valence-electron chi connectivity index (χ2n) is 4.19. The number of fused-ring (bicyclic) bond motifs is 1. The molecule has 0 saturated heterocycles. The molecule has 0 aromatic carbocycles. The van der Waals surface area contributed by atoms with E-state index in [-0.39, 0.29) is 30.8 Å². The van der Waals surface area contributed by atoms with Crippen molar-refractivity contribution in [3.8, 4) is 0 Å². The molecule has 0 aliphatic rings. The summed E-state index contributed by atoms with van der Waals surface area (Å²) in [6.07, 6.45) is -1.20. The van der Waals surface area contributed by atoms with Crippen molar-refractivity contribution >= 4 is 11.2 Å². The van der Waals surface area contributed by atoms with Crippen LogP contribution in [-0.2, 0) is 4.74 Å². The van der Waals surface area contributed by atoms with Crippen molar-refractivity contribution in [1.29, 1.82) is 0 Å². The zero-order chi connectivity index (χ0) is 14.7. The molecule has 0 spiro atoms. The van der Waals surface area contributed by atoms with Gasteiger partial charge in [-0.1, -0.05) is 5.21 Å². The number of hydrogen-bond acceptors (Lipinski definition) is 7. The van der Waals surface area contributed by atoms with Crippen LogP contribution in [0.15, 0.2) is 9.59 Å². The van der Waals surface area contributed by atoms with Gasteiger partial charge in [-0.2, -0.15) is 0 Å². The van der Waals surface area contributed by atoms with Crippen LogP contribution in [0, 0.1) is 0 Å². The van der Waals surface area contributed by atoms with Gasteiger partial charge in [0.05, 0.1) is 12.7 Å². The highest BCUT2D eigenvalue weighted by atomic mass is 16.5. The van der Waals surface area contributed by atoms with E-state index < -0.39 is 23.6 Å². The van der Waals surface area contributed by atoms with E-state index >= 15 is 0 Å². The molecule has 110 valence electrons. The SMILES string of the molecule is CC(O[C@H](CO)CCO)n1c(=O)[nH]c(=O)c2[nH]nnc21. The van der Waals surface area contributed by atoms with Crippen LogP contribution in [0.25, 0.3) is 11.2 Å². The Labute approximate surface area is 112 Å². The predicted molar refractivity (Wildman–Crippen MR) is 67.1 cm³/mol. The first-order valence-electron chi connectivity index (χ1n) is 6.01. The van der Waals surface area contributed by atoms with Gasteiger partial charge in [-0.3, -0.25) is 14.9 Å². The molecule has 0 aliphatic heterocycles. The number of aromatic nitrogens is 5. The van der Waals surface area contributed by atoms with Crippen molar-refractivity contribution in [2.24, 2.45) is 0 Å². The van der Waals surface area contributed by atoms with E-state index in [0.717, 1.165) is 4.57 Å². The van der Waals surface area contributed by atoms with Crippen LogP contribution >= 0.6 is 0 Å². The summed E-state index contributed by atoms with van der Waals surface area (Å²) >= 11 is 0. The minimum Gasteiger partial charge on any atom is -0.396 e. The van der Waals surface area contributed by atoms with E-state index in [1.54, 1.807) is 6.92 Å². The lowest BCUT2D eigenvalue weighted by Gasteiger charge is -2.21. The van der Waals surface area contributed by atoms with E-state index in [0.29, 0.717) is 0 Å². The van der Waals surface area contributed by atoms with Gasteiger partial charge >= 0.3 is 5.69 Å². The quantitative estimate of drug-likeness (QED) is 0.484. The maximum Gasteiger partial charge on any atom is 0.332 e. The molecule has 2 heterocycles. The summed E-state index contributed by atoms with van der Waals surface area (Å²) < 4.78 is 6.58. The average Bonchev–Trinajstić information content (AvgIpc) is 2.87. The first-order valence-corrected chi connectivity index (χ1v) is 6.01. The van der Waals surface area contributed by atoms with Crippen LogP contribution in [0.5, 0.6) is 0 Å². The number of hydrogen-bond donors (Lipinski definition) is 4. The molecular formula is C10H15N5O5. The van der Waals surface area contributed by atoms with E-state index in [2.05, 4.69) is 20.4 Å². The molecule has 10 heteroatoms. The second kappa shape index (κ2) is 5.94. The fourth-order valence-corrected chi connectivity index (χ4v) is 1.88. The Hall–Kier alpha value is -2.04. The third kappa shape index (κ3) is 2.61. The average molecular weight is 285 g/mol. The largest absolute Gasteiger partial charge is 0.396 e. The fraction of sp³-hybridized carbons (Fsp3) is 0.600. The first kappa shape index (κ1) is 14.4. The number of nitrogens with zero attached hydrogens (tertiary/aromatic N) is 3. The van der Waals surface area contributed by atoms with Gasteiger partial charge in [-0.25, -0.2) is 9.36 Å². The molecule has 2 atom stereocenters. The molecule has 2 aromatic rings. The molecule has 2 aromatic heterocycles. The third-order valence-corrected chi connectivity index (χ3v) is 2.83. The fourth-order valence-electron chi connectivity index (χ4n) is 1.88. The highest BCUT2D eigenvalue weighted by molar-refractivity contribution is 5.67. The highest BCUT2D eigenvalue weighted by Crippen LogP contribution is 2.13. The van der Waals surface area contributed by atoms with Crippen LogP contribution < -0.4 is 11.2 Å². The molecule has 10 nitrogen and oxygen atoms in total. The molecule has 20 heavy (non-hydrogen) atoms. The summed E-state index contributed by atoms with van der Waals surface area (Å²) in [5, 5.41) is 27.5. The molecular weight excluding hydrogens is 270 g/mol. The molecule has 2 rings (SSSR count). The lowest BCUT2D eigenvalue weighted by atomic mass is 10.3. The Morgan fingerprint density at radius 3 is 2.80 bits per heavy atom. The Morgan fingerprint density at radius 2 is 2.15 bits per heavy atom. The molecule has 0 bridgehead atoms. The van der Waals surface area contributed by atoms with E-state index in [1.807, 2.05) is 0 Å². The number of aromatic amines is 2. The van der Waals surface area contributed by atoms with Crippen LogP contribution in [-0.4, -0.2) is 54.5 Å². The van der Waals surface area contributed by atoms with E-state index in [1.165, 1.54) is 0 Å². The first-order chi connectivity index (χ1) is 9.58. The number of aliphatic hydroxyl groups excluding tert-OH is 2. The number of aliphatic hydroxyl groups is 2. The topological polar surface area (TPSA) is 146 Å². The standard InChI is InChI=1S/C10H15N5O5/c1-5(20-6(4-17)2-3-16)15-8-7(12-14-13-8)9(18)11-10(15)19/h5-6,16-17H,2-4H2,1H3,(H,11,18,19)(H,12,13,14)/t5?,6-/m0/s1. The van der Waals surface area contributed by atoms with Gasteiger partial charge in [0.2, 0.25) is 0 Å². The van der Waals surface area contributed by atoms with Gasteiger partial charge in [0.15, 0.2) is 11.2 Å². The highest BCUT2D eigenvalue weighted by Gasteiger charge is 2.19. The van der Waals surface area contributed by atoms with Crippen molar-refractivity contribution in [1.82, 2.24) is 25.0 Å². The molecule has 0 fully saturated rings. The summed E-state index contributed by atoms with van der Waals surface area (Å²) in [6.45, 7) is 1.11. The Bertz CT molecular complexity index is 689. The molecule has 4 N–H and O–H groups in total. The van der Waals surface area contributed by atoms with Crippen molar-refractivity contribution in [2.75, 3.05) is 13.2 Å². The van der Waals surface area contributed by atoms with E-state index in [4.69, 9.17) is 14.9 Å². The number of H-pyrrole nitrogens is 2. The van der Waals surface area contributed by atoms with Gasteiger partial charge in [-0.05, 0) is 13.3 Å². The minimum atomic E-state index is -0.796. The Balaban J connectivity index is 2.39. The summed E-state index contributed by atoms with van der Waals surface area (Å²) in [5.41, 5.74) is -1.19. The molecule has 0 amide bonds. The van der Waals surface area contributed by atoms with Crippen molar-refractivity contribution in [3.05, 3.63) is 20.8 Å². The molecule has 1 unspecified atom stereocenters. The zero-order valence-electron chi connectivity index (χ0n) is 10.7. The number of nitrogens with one attached hydrogen (secondary N) is 2. The van der Waals surface area contributed by atoms with Crippen LogP contribution in [0.2, 0.25) is 0 Å². The summed E-state index contributed by atoms with van der Waals surface area (Å²) in [6, 6.07) is 0. The van der Waals surface area contributed by atoms with Crippen molar-refractivity contribution in [3.63, 3.8) is 0 Å². The normalized spacial score (nSPS) is 14.6. The summed E-state index contributed by atoms with van der Waals surface area (Å²) in [5.74, 6) is 0. The number of ether oxygens (including phenoxy) is 1. The zero-order valence-corrected chi connectivity index (χ0v) is 10.7. The van der Waals surface area contributed by atoms with E-state index in [9.17, 15) is 9.59 Å². The Morgan fingerprint density at radius 1 is 1.40 bits per heavy atom. The third-order valence-electron chi connectivity index (χ3n) is 2.83. The maximum absolute atomic E-state index is 11.9. The molecule has 0 aliphatic carbocycles. The van der Waals surface area contributed by atoms with Crippen molar-refractivity contribution < 1.29 is 14.9 Å². The maximum atomic E-state index is 11.9. The summed E-state index contributed by atoms with van der Waals surface area (Å²) in [4.78, 5) is 25.5. The minimum absolute atomic E-state index is 0.0581. The van der Waals surface area contributed by atoms with Gasteiger partial charge < -0.3 is 14.9 Å². The lowest BCUT2D eigenvalue weighted by Crippen LogP contribution is -2.35.